The lowest BCUT2D eigenvalue weighted by Crippen LogP contribution is -2.15. The van der Waals surface area contributed by atoms with Gasteiger partial charge in [-0.1, -0.05) is 52.3 Å². The summed E-state index contributed by atoms with van der Waals surface area (Å²) in [4.78, 5) is 20.9. The standard InChI is InChI=1S/C19H14BrN5O/c20-15-6-3-4-13(10-15)11-25-12-22-19(24-25)23-18(26)17-16-7-2-1-5-14(16)8-9-21-17/h1-10,12H,11H2,(H,23,24,26). The van der Waals surface area contributed by atoms with Crippen LogP contribution in [0.3, 0.4) is 0 Å². The zero-order chi connectivity index (χ0) is 17.9. The fourth-order valence-electron chi connectivity index (χ4n) is 2.71. The van der Waals surface area contributed by atoms with Gasteiger partial charge in [0.05, 0.1) is 6.54 Å². The van der Waals surface area contributed by atoms with Crippen molar-refractivity contribution in [1.29, 1.82) is 0 Å². The third-order valence-electron chi connectivity index (χ3n) is 3.88. The normalized spacial score (nSPS) is 10.8. The van der Waals surface area contributed by atoms with E-state index in [-0.39, 0.29) is 11.9 Å². The molecule has 4 aromatic rings. The summed E-state index contributed by atoms with van der Waals surface area (Å²) in [5.74, 6) is -0.0817. The van der Waals surface area contributed by atoms with Gasteiger partial charge in [-0.25, -0.2) is 9.67 Å². The molecule has 2 aromatic carbocycles. The Hall–Kier alpha value is -3.06. The van der Waals surface area contributed by atoms with Crippen molar-refractivity contribution in [3.8, 4) is 0 Å². The molecule has 0 atom stereocenters. The average molecular weight is 408 g/mol. The number of pyridine rings is 1. The Kier molecular flexibility index (Phi) is 4.45. The third kappa shape index (κ3) is 3.48. The number of nitrogens with zero attached hydrogens (tertiary/aromatic N) is 4. The number of nitrogens with one attached hydrogen (secondary N) is 1. The van der Waals surface area contributed by atoms with Gasteiger partial charge >= 0.3 is 0 Å². The second kappa shape index (κ2) is 7.05. The van der Waals surface area contributed by atoms with Gasteiger partial charge in [-0.2, -0.15) is 0 Å². The van der Waals surface area contributed by atoms with Crippen molar-refractivity contribution in [2.24, 2.45) is 0 Å². The summed E-state index contributed by atoms with van der Waals surface area (Å²) >= 11 is 3.45. The van der Waals surface area contributed by atoms with Crippen LogP contribution in [0.4, 0.5) is 5.95 Å². The maximum Gasteiger partial charge on any atom is 0.277 e. The maximum absolute atomic E-state index is 12.6. The molecule has 2 aromatic heterocycles. The predicted octanol–water partition coefficient (Wildman–Crippen LogP) is 3.89. The van der Waals surface area contributed by atoms with Crippen LogP contribution in [0, 0.1) is 0 Å². The van der Waals surface area contributed by atoms with E-state index in [1.165, 1.54) is 0 Å². The van der Waals surface area contributed by atoms with E-state index >= 15 is 0 Å². The second-order valence-electron chi connectivity index (χ2n) is 5.73. The first-order chi connectivity index (χ1) is 12.7. The molecule has 1 N–H and O–H groups in total. The number of hydrogen-bond acceptors (Lipinski definition) is 4. The summed E-state index contributed by atoms with van der Waals surface area (Å²) in [6, 6.07) is 17.4. The molecule has 0 saturated heterocycles. The van der Waals surface area contributed by atoms with Crippen molar-refractivity contribution in [3.05, 3.63) is 82.9 Å². The van der Waals surface area contributed by atoms with Crippen LogP contribution in [0.25, 0.3) is 10.8 Å². The van der Waals surface area contributed by atoms with Crippen LogP contribution in [0.15, 0.2) is 71.6 Å². The molecule has 7 heteroatoms. The van der Waals surface area contributed by atoms with Crippen LogP contribution in [0.1, 0.15) is 16.1 Å². The lowest BCUT2D eigenvalue weighted by atomic mass is 10.1. The molecule has 1 amide bonds. The lowest BCUT2D eigenvalue weighted by Gasteiger charge is -2.04. The van der Waals surface area contributed by atoms with Crippen molar-refractivity contribution in [2.75, 3.05) is 5.32 Å². The van der Waals surface area contributed by atoms with Crippen molar-refractivity contribution in [2.45, 2.75) is 6.54 Å². The summed E-state index contributed by atoms with van der Waals surface area (Å²) < 4.78 is 2.68. The summed E-state index contributed by atoms with van der Waals surface area (Å²) in [6.07, 6.45) is 3.21. The molecule has 6 nitrogen and oxygen atoms in total. The summed E-state index contributed by atoms with van der Waals surface area (Å²) in [6.45, 7) is 0.564. The fourth-order valence-corrected chi connectivity index (χ4v) is 3.16. The highest BCUT2D eigenvalue weighted by molar-refractivity contribution is 9.10. The van der Waals surface area contributed by atoms with Gasteiger partial charge in [-0.3, -0.25) is 15.1 Å². The highest BCUT2D eigenvalue weighted by atomic mass is 79.9. The zero-order valence-electron chi connectivity index (χ0n) is 13.6. The van der Waals surface area contributed by atoms with E-state index in [1.54, 1.807) is 17.2 Å². The van der Waals surface area contributed by atoms with Crippen LogP contribution in [0.2, 0.25) is 0 Å². The van der Waals surface area contributed by atoms with E-state index in [4.69, 9.17) is 0 Å². The summed E-state index contributed by atoms with van der Waals surface area (Å²) in [5, 5.41) is 8.78. The number of halogens is 1. The molecular weight excluding hydrogens is 394 g/mol. The minimum atomic E-state index is -0.331. The molecule has 0 aliphatic carbocycles. The highest BCUT2D eigenvalue weighted by Crippen LogP contribution is 2.17. The molecule has 0 bridgehead atoms. The van der Waals surface area contributed by atoms with Crippen molar-refractivity contribution in [1.82, 2.24) is 19.7 Å². The lowest BCUT2D eigenvalue weighted by molar-refractivity contribution is 0.102. The molecule has 2 heterocycles. The van der Waals surface area contributed by atoms with Crippen LogP contribution in [-0.4, -0.2) is 25.7 Å². The van der Waals surface area contributed by atoms with Crippen LogP contribution < -0.4 is 5.32 Å². The molecule has 0 fully saturated rings. The number of rotatable bonds is 4. The quantitative estimate of drug-likeness (QED) is 0.556. The summed E-state index contributed by atoms with van der Waals surface area (Å²) in [7, 11) is 0. The third-order valence-corrected chi connectivity index (χ3v) is 4.38. The maximum atomic E-state index is 12.6. The number of fused-ring (bicyclic) bond motifs is 1. The Labute approximate surface area is 158 Å². The topological polar surface area (TPSA) is 72.7 Å². The Morgan fingerprint density at radius 1 is 1.08 bits per heavy atom. The van der Waals surface area contributed by atoms with Gasteiger partial charge in [0, 0.05) is 16.1 Å². The minimum Gasteiger partial charge on any atom is -0.288 e. The van der Waals surface area contributed by atoms with Crippen molar-refractivity contribution in [3.63, 3.8) is 0 Å². The number of carbonyl (C=O) groups excluding carboxylic acids is 1. The number of anilines is 1. The van der Waals surface area contributed by atoms with Crippen molar-refractivity contribution >= 4 is 38.6 Å². The van der Waals surface area contributed by atoms with Gasteiger partial charge in [-0.15, -0.1) is 5.10 Å². The van der Waals surface area contributed by atoms with Gasteiger partial charge in [0.1, 0.15) is 12.0 Å². The van der Waals surface area contributed by atoms with Crippen LogP contribution in [-0.2, 0) is 6.54 Å². The summed E-state index contributed by atoms with van der Waals surface area (Å²) in [5.41, 5.74) is 1.43. The van der Waals surface area contributed by atoms with Gasteiger partial charge in [-0.05, 0) is 29.1 Å². The molecule has 4 rings (SSSR count). The van der Waals surface area contributed by atoms with Gasteiger partial charge < -0.3 is 0 Å². The Balaban J connectivity index is 1.52. The first kappa shape index (κ1) is 16.4. The van der Waals surface area contributed by atoms with Gasteiger partial charge in [0.15, 0.2) is 0 Å². The SMILES string of the molecule is O=C(Nc1ncn(Cc2cccc(Br)c2)n1)c1nccc2ccccc12. The Morgan fingerprint density at radius 3 is 2.85 bits per heavy atom. The monoisotopic (exact) mass is 407 g/mol. The first-order valence-electron chi connectivity index (χ1n) is 7.98. The first-order valence-corrected chi connectivity index (χ1v) is 8.77. The molecular formula is C19H14BrN5O. The van der Waals surface area contributed by atoms with E-state index in [2.05, 4.69) is 36.3 Å². The van der Waals surface area contributed by atoms with Gasteiger partial charge in [0.2, 0.25) is 5.95 Å². The number of hydrogen-bond donors (Lipinski definition) is 1. The number of carbonyl (C=O) groups is 1. The minimum absolute atomic E-state index is 0.250. The molecule has 0 spiro atoms. The number of amides is 1. The van der Waals surface area contributed by atoms with Crippen molar-refractivity contribution < 1.29 is 4.79 Å². The Morgan fingerprint density at radius 2 is 1.96 bits per heavy atom. The molecule has 128 valence electrons. The largest absolute Gasteiger partial charge is 0.288 e. The molecule has 0 saturated carbocycles. The molecule has 26 heavy (non-hydrogen) atoms. The molecule has 0 aliphatic heterocycles. The van der Waals surface area contributed by atoms with Crippen LogP contribution >= 0.6 is 15.9 Å². The molecule has 0 unspecified atom stereocenters. The molecule has 0 aliphatic rings. The Bertz CT molecular complexity index is 1090. The fraction of sp³-hybridized carbons (Fsp3) is 0.0526. The number of benzene rings is 2. The van der Waals surface area contributed by atoms with E-state index in [0.717, 1.165) is 20.8 Å². The average Bonchev–Trinajstić information content (AvgIpc) is 3.08. The second-order valence-corrected chi connectivity index (χ2v) is 6.65. The van der Waals surface area contributed by atoms with E-state index in [0.29, 0.717) is 12.2 Å². The predicted molar refractivity (Wildman–Crippen MR) is 103 cm³/mol. The van der Waals surface area contributed by atoms with E-state index < -0.39 is 0 Å². The van der Waals surface area contributed by atoms with Gasteiger partial charge in [0.25, 0.3) is 5.91 Å². The van der Waals surface area contributed by atoms with E-state index in [1.807, 2.05) is 54.6 Å². The van der Waals surface area contributed by atoms with Crippen LogP contribution in [0.5, 0.6) is 0 Å². The molecule has 0 radical (unpaired) electrons. The van der Waals surface area contributed by atoms with E-state index in [9.17, 15) is 4.79 Å². The smallest absolute Gasteiger partial charge is 0.277 e. The number of aromatic nitrogens is 4. The zero-order valence-corrected chi connectivity index (χ0v) is 15.2. The highest BCUT2D eigenvalue weighted by Gasteiger charge is 2.13.